The zero-order chi connectivity index (χ0) is 10.8. The van der Waals surface area contributed by atoms with E-state index in [4.69, 9.17) is 0 Å². The summed E-state index contributed by atoms with van der Waals surface area (Å²) in [5.74, 6) is 0.465. The third kappa shape index (κ3) is 2.05. The van der Waals surface area contributed by atoms with Gasteiger partial charge in [-0.1, -0.05) is 30.3 Å². The zero-order valence-corrected chi connectivity index (χ0v) is 9.27. The maximum Gasteiger partial charge on any atom is 0.123 e. The number of nitrogens with zero attached hydrogens (tertiary/aromatic N) is 1. The standard InChI is InChI=1S/C13H17NO/c1-10-8-12(9-14(10)2)13(15)11-6-4-3-5-7-11/h3-7,10,15H,8-9H2,1-2H3. The molecular formula is C13H17NO. The van der Waals surface area contributed by atoms with E-state index in [0.717, 1.165) is 24.1 Å². The Kier molecular flexibility index (Phi) is 2.78. The Morgan fingerprint density at radius 2 is 2.00 bits per heavy atom. The predicted molar refractivity (Wildman–Crippen MR) is 62.7 cm³/mol. The van der Waals surface area contributed by atoms with Crippen LogP contribution in [0, 0.1) is 0 Å². The first kappa shape index (κ1) is 10.2. The molecule has 1 saturated heterocycles. The van der Waals surface area contributed by atoms with Crippen molar-refractivity contribution in [3.05, 3.63) is 41.5 Å². The lowest BCUT2D eigenvalue weighted by atomic mass is 10.1. The number of rotatable bonds is 1. The van der Waals surface area contributed by atoms with E-state index in [1.165, 1.54) is 0 Å². The highest BCUT2D eigenvalue weighted by atomic mass is 16.3. The molecule has 0 spiro atoms. The highest BCUT2D eigenvalue weighted by Gasteiger charge is 2.23. The Morgan fingerprint density at radius 1 is 1.33 bits per heavy atom. The molecule has 1 aliphatic heterocycles. The third-order valence-corrected chi connectivity index (χ3v) is 3.12. The second-order valence-corrected chi connectivity index (χ2v) is 4.29. The number of benzene rings is 1. The third-order valence-electron chi connectivity index (χ3n) is 3.12. The molecule has 1 atom stereocenters. The Morgan fingerprint density at radius 3 is 2.53 bits per heavy atom. The van der Waals surface area contributed by atoms with Crippen molar-refractivity contribution in [1.29, 1.82) is 0 Å². The SMILES string of the molecule is CC1CC(=C(O)c2ccccc2)CN1C. The normalized spacial score (nSPS) is 25.6. The molecule has 15 heavy (non-hydrogen) atoms. The van der Waals surface area contributed by atoms with Crippen molar-refractivity contribution in [2.75, 3.05) is 13.6 Å². The molecule has 1 heterocycles. The smallest absolute Gasteiger partial charge is 0.123 e. The lowest BCUT2D eigenvalue weighted by Crippen LogP contribution is -2.20. The van der Waals surface area contributed by atoms with Crippen molar-refractivity contribution < 1.29 is 5.11 Å². The van der Waals surface area contributed by atoms with Crippen LogP contribution in [-0.2, 0) is 0 Å². The van der Waals surface area contributed by atoms with Gasteiger partial charge in [0.25, 0.3) is 0 Å². The van der Waals surface area contributed by atoms with Gasteiger partial charge in [-0.2, -0.15) is 0 Å². The lowest BCUT2D eigenvalue weighted by molar-refractivity contribution is 0.332. The van der Waals surface area contributed by atoms with E-state index >= 15 is 0 Å². The molecule has 0 radical (unpaired) electrons. The second kappa shape index (κ2) is 4.07. The Balaban J connectivity index is 2.28. The van der Waals surface area contributed by atoms with Gasteiger partial charge in [-0.05, 0) is 26.0 Å². The molecule has 1 fully saturated rings. The summed E-state index contributed by atoms with van der Waals surface area (Å²) in [6.07, 6.45) is 0.969. The minimum absolute atomic E-state index is 0.465. The van der Waals surface area contributed by atoms with E-state index < -0.39 is 0 Å². The minimum atomic E-state index is 0.465. The Hall–Kier alpha value is -1.28. The maximum atomic E-state index is 10.1. The Bertz CT molecular complexity index is 357. The van der Waals surface area contributed by atoms with E-state index in [1.54, 1.807) is 0 Å². The van der Waals surface area contributed by atoms with Crippen molar-refractivity contribution in [3.8, 4) is 0 Å². The summed E-state index contributed by atoms with van der Waals surface area (Å²) in [5.41, 5.74) is 2.08. The van der Waals surface area contributed by atoms with Gasteiger partial charge >= 0.3 is 0 Å². The molecule has 0 aromatic heterocycles. The van der Waals surface area contributed by atoms with Gasteiger partial charge in [-0.3, -0.25) is 4.90 Å². The van der Waals surface area contributed by atoms with Gasteiger partial charge in [-0.15, -0.1) is 0 Å². The summed E-state index contributed by atoms with van der Waals surface area (Å²) < 4.78 is 0. The number of aliphatic hydroxyl groups is 1. The summed E-state index contributed by atoms with van der Waals surface area (Å²) in [4.78, 5) is 2.26. The van der Waals surface area contributed by atoms with Crippen molar-refractivity contribution in [2.45, 2.75) is 19.4 Å². The van der Waals surface area contributed by atoms with Gasteiger partial charge in [0.15, 0.2) is 0 Å². The zero-order valence-electron chi connectivity index (χ0n) is 9.27. The molecule has 2 heteroatoms. The van der Waals surface area contributed by atoms with Crippen LogP contribution < -0.4 is 0 Å². The van der Waals surface area contributed by atoms with E-state index in [9.17, 15) is 5.11 Å². The van der Waals surface area contributed by atoms with Gasteiger partial charge in [0.2, 0.25) is 0 Å². The molecule has 0 amide bonds. The van der Waals surface area contributed by atoms with Gasteiger partial charge in [0, 0.05) is 18.2 Å². The molecule has 80 valence electrons. The molecule has 0 saturated carbocycles. The lowest BCUT2D eigenvalue weighted by Gasteiger charge is -2.11. The summed E-state index contributed by atoms with van der Waals surface area (Å²) >= 11 is 0. The topological polar surface area (TPSA) is 23.5 Å². The fraction of sp³-hybridized carbons (Fsp3) is 0.385. The average molecular weight is 203 g/mol. The number of aliphatic hydroxyl groups excluding tert-OH is 1. The van der Waals surface area contributed by atoms with Crippen LogP contribution >= 0.6 is 0 Å². The highest BCUT2D eigenvalue weighted by Crippen LogP contribution is 2.26. The molecule has 1 unspecified atom stereocenters. The molecule has 0 aliphatic carbocycles. The summed E-state index contributed by atoms with van der Waals surface area (Å²) in [7, 11) is 2.09. The first-order valence-electron chi connectivity index (χ1n) is 5.35. The first-order chi connectivity index (χ1) is 7.18. The van der Waals surface area contributed by atoms with Crippen LogP contribution in [0.5, 0.6) is 0 Å². The molecule has 2 rings (SSSR count). The van der Waals surface area contributed by atoms with Crippen LogP contribution in [-0.4, -0.2) is 29.6 Å². The first-order valence-corrected chi connectivity index (χ1v) is 5.35. The predicted octanol–water partition coefficient (Wildman–Crippen LogP) is 2.68. The van der Waals surface area contributed by atoms with Crippen molar-refractivity contribution in [2.24, 2.45) is 0 Å². The van der Waals surface area contributed by atoms with E-state index in [1.807, 2.05) is 30.3 Å². The number of likely N-dealkylation sites (tertiary alicyclic amines) is 1. The molecule has 1 N–H and O–H groups in total. The number of hydrogen-bond acceptors (Lipinski definition) is 2. The molecule has 0 bridgehead atoms. The van der Waals surface area contributed by atoms with Crippen LogP contribution in [0.25, 0.3) is 5.76 Å². The molecule has 2 nitrogen and oxygen atoms in total. The largest absolute Gasteiger partial charge is 0.507 e. The van der Waals surface area contributed by atoms with E-state index in [-0.39, 0.29) is 0 Å². The minimum Gasteiger partial charge on any atom is -0.507 e. The monoisotopic (exact) mass is 203 g/mol. The van der Waals surface area contributed by atoms with Crippen LogP contribution in [0.2, 0.25) is 0 Å². The van der Waals surface area contributed by atoms with Crippen LogP contribution in [0.4, 0.5) is 0 Å². The van der Waals surface area contributed by atoms with Crippen molar-refractivity contribution in [3.63, 3.8) is 0 Å². The molecule has 1 aromatic carbocycles. The van der Waals surface area contributed by atoms with Crippen molar-refractivity contribution in [1.82, 2.24) is 4.90 Å². The second-order valence-electron chi connectivity index (χ2n) is 4.29. The number of likely N-dealkylation sites (N-methyl/N-ethyl adjacent to an activating group) is 1. The summed E-state index contributed by atoms with van der Waals surface area (Å²) in [6.45, 7) is 3.06. The fourth-order valence-electron chi connectivity index (χ4n) is 2.01. The number of hydrogen-bond donors (Lipinski definition) is 1. The van der Waals surface area contributed by atoms with Gasteiger partial charge in [0.05, 0.1) is 0 Å². The maximum absolute atomic E-state index is 10.1. The van der Waals surface area contributed by atoms with Gasteiger partial charge in [0.1, 0.15) is 5.76 Å². The van der Waals surface area contributed by atoms with Gasteiger partial charge < -0.3 is 5.11 Å². The molecule has 1 aliphatic rings. The highest BCUT2D eigenvalue weighted by molar-refractivity contribution is 5.62. The van der Waals surface area contributed by atoms with Crippen LogP contribution in [0.3, 0.4) is 0 Å². The summed E-state index contributed by atoms with van der Waals surface area (Å²) in [5, 5.41) is 10.1. The van der Waals surface area contributed by atoms with Gasteiger partial charge in [-0.25, -0.2) is 0 Å². The fourth-order valence-corrected chi connectivity index (χ4v) is 2.01. The van der Waals surface area contributed by atoms with E-state index in [2.05, 4.69) is 18.9 Å². The molecule has 1 aromatic rings. The van der Waals surface area contributed by atoms with Crippen LogP contribution in [0.1, 0.15) is 18.9 Å². The molecular weight excluding hydrogens is 186 g/mol. The van der Waals surface area contributed by atoms with Crippen LogP contribution in [0.15, 0.2) is 35.9 Å². The van der Waals surface area contributed by atoms with Crippen molar-refractivity contribution >= 4 is 5.76 Å². The quantitative estimate of drug-likeness (QED) is 0.709. The van der Waals surface area contributed by atoms with E-state index in [0.29, 0.717) is 11.8 Å². The average Bonchev–Trinajstić information content (AvgIpc) is 2.59. The summed E-state index contributed by atoms with van der Waals surface area (Å²) in [6, 6.07) is 10.3. The Labute approximate surface area is 90.8 Å².